The summed E-state index contributed by atoms with van der Waals surface area (Å²) >= 11 is 6.01. The highest BCUT2D eigenvalue weighted by Gasteiger charge is 2.11. The number of nitriles is 1. The Morgan fingerprint density at radius 3 is 2.78 bits per heavy atom. The Labute approximate surface area is 110 Å². The van der Waals surface area contributed by atoms with Gasteiger partial charge in [0.25, 0.3) is 0 Å². The van der Waals surface area contributed by atoms with Crippen molar-refractivity contribution in [2.24, 2.45) is 0 Å². The minimum absolute atomic E-state index is 0.399. The molecule has 18 heavy (non-hydrogen) atoms. The normalized spacial score (nSPS) is 11.9. The molecule has 0 aliphatic carbocycles. The Balaban J connectivity index is 2.56. The molecule has 1 aromatic heterocycles. The third kappa shape index (κ3) is 2.35. The van der Waals surface area contributed by atoms with Crippen LogP contribution in [-0.4, -0.2) is 10.1 Å². The van der Waals surface area contributed by atoms with Crippen molar-refractivity contribution in [3.8, 4) is 17.2 Å². The smallest absolute Gasteiger partial charge is 0.101 e. The molecule has 4 heteroatoms. The van der Waals surface area contributed by atoms with Crippen LogP contribution in [0.2, 0.25) is 5.02 Å². The number of hydrogen-bond donors (Lipinski definition) is 1. The van der Waals surface area contributed by atoms with Gasteiger partial charge in [-0.2, -0.15) is 5.26 Å². The molecule has 0 radical (unpaired) electrons. The fraction of sp³-hybridized carbons (Fsp3) is 0.143. The highest BCUT2D eigenvalue weighted by atomic mass is 35.5. The molecule has 1 aromatic carbocycles. The molecule has 0 spiro atoms. The van der Waals surface area contributed by atoms with Crippen LogP contribution in [0.1, 0.15) is 24.2 Å². The van der Waals surface area contributed by atoms with E-state index < -0.39 is 6.10 Å². The van der Waals surface area contributed by atoms with Crippen LogP contribution in [0.25, 0.3) is 11.1 Å². The third-order valence-corrected chi connectivity index (χ3v) is 3.02. The zero-order valence-electron chi connectivity index (χ0n) is 9.76. The van der Waals surface area contributed by atoms with Crippen molar-refractivity contribution in [2.45, 2.75) is 13.0 Å². The van der Waals surface area contributed by atoms with Crippen molar-refractivity contribution in [1.82, 2.24) is 4.98 Å². The average molecular weight is 259 g/mol. The fourth-order valence-corrected chi connectivity index (χ4v) is 2.01. The Morgan fingerprint density at radius 1 is 1.39 bits per heavy atom. The molecule has 2 aromatic rings. The highest BCUT2D eigenvalue weighted by molar-refractivity contribution is 6.32. The summed E-state index contributed by atoms with van der Waals surface area (Å²) in [7, 11) is 0. The van der Waals surface area contributed by atoms with Gasteiger partial charge in [-0.1, -0.05) is 17.7 Å². The maximum absolute atomic E-state index is 9.72. The van der Waals surface area contributed by atoms with Gasteiger partial charge in [0, 0.05) is 18.0 Å². The van der Waals surface area contributed by atoms with Crippen LogP contribution in [0.3, 0.4) is 0 Å². The predicted molar refractivity (Wildman–Crippen MR) is 70.0 cm³/mol. The van der Waals surface area contributed by atoms with Gasteiger partial charge < -0.3 is 5.11 Å². The molecular formula is C14H11ClN2O. The first-order valence-corrected chi connectivity index (χ1v) is 5.83. The van der Waals surface area contributed by atoms with E-state index in [1.807, 2.05) is 6.07 Å². The Hall–Kier alpha value is -1.89. The zero-order chi connectivity index (χ0) is 13.1. The zero-order valence-corrected chi connectivity index (χ0v) is 10.5. The predicted octanol–water partition coefficient (Wildman–Crippen LogP) is 3.33. The molecule has 1 heterocycles. The first-order valence-electron chi connectivity index (χ1n) is 5.45. The average Bonchev–Trinajstić information content (AvgIpc) is 2.38. The van der Waals surface area contributed by atoms with Crippen LogP contribution in [0.5, 0.6) is 0 Å². The van der Waals surface area contributed by atoms with Crippen LogP contribution < -0.4 is 0 Å². The van der Waals surface area contributed by atoms with Gasteiger partial charge in [0.1, 0.15) is 6.07 Å². The van der Waals surface area contributed by atoms with Gasteiger partial charge in [-0.25, -0.2) is 0 Å². The largest absolute Gasteiger partial charge is 0.389 e. The summed E-state index contributed by atoms with van der Waals surface area (Å²) in [5, 5.41) is 19.0. The second-order valence-electron chi connectivity index (χ2n) is 3.95. The molecule has 0 saturated heterocycles. The van der Waals surface area contributed by atoms with E-state index >= 15 is 0 Å². The topological polar surface area (TPSA) is 56.9 Å². The van der Waals surface area contributed by atoms with Crippen molar-refractivity contribution < 1.29 is 5.11 Å². The van der Waals surface area contributed by atoms with Gasteiger partial charge in [0.2, 0.25) is 0 Å². The lowest BCUT2D eigenvalue weighted by Gasteiger charge is -2.11. The van der Waals surface area contributed by atoms with Gasteiger partial charge in [-0.15, -0.1) is 0 Å². The molecule has 2 rings (SSSR count). The summed E-state index contributed by atoms with van der Waals surface area (Å²) in [4.78, 5) is 4.06. The quantitative estimate of drug-likeness (QED) is 0.899. The van der Waals surface area contributed by atoms with Crippen molar-refractivity contribution in [2.75, 3.05) is 0 Å². The van der Waals surface area contributed by atoms with E-state index in [9.17, 15) is 5.11 Å². The number of aliphatic hydroxyl groups excluding tert-OH is 1. The standard InChI is InChI=1S/C14H11ClN2O/c1-9(18)12-4-5-17-8-13(12)10-2-3-11(7-16)14(15)6-10/h2-6,8-9,18H,1H3. The molecule has 0 aliphatic heterocycles. The molecule has 1 N–H and O–H groups in total. The van der Waals surface area contributed by atoms with E-state index in [0.717, 1.165) is 16.7 Å². The third-order valence-electron chi connectivity index (χ3n) is 2.71. The van der Waals surface area contributed by atoms with E-state index in [1.165, 1.54) is 0 Å². The van der Waals surface area contributed by atoms with Crippen LogP contribution >= 0.6 is 11.6 Å². The summed E-state index contributed by atoms with van der Waals surface area (Å²) in [5.74, 6) is 0. The lowest BCUT2D eigenvalue weighted by atomic mass is 9.98. The van der Waals surface area contributed by atoms with Crippen molar-refractivity contribution >= 4 is 11.6 Å². The fourth-order valence-electron chi connectivity index (χ4n) is 1.78. The molecule has 1 unspecified atom stereocenters. The Kier molecular flexibility index (Phi) is 3.61. The number of nitrogens with zero attached hydrogens (tertiary/aromatic N) is 2. The van der Waals surface area contributed by atoms with Gasteiger partial charge in [0.15, 0.2) is 0 Å². The molecule has 1 atom stereocenters. The number of benzene rings is 1. The first-order chi connectivity index (χ1) is 8.63. The molecule has 0 amide bonds. The van der Waals surface area contributed by atoms with E-state index in [0.29, 0.717) is 10.6 Å². The first kappa shape index (κ1) is 12.6. The van der Waals surface area contributed by atoms with E-state index in [4.69, 9.17) is 16.9 Å². The molecule has 0 aliphatic rings. The minimum Gasteiger partial charge on any atom is -0.389 e. The SMILES string of the molecule is CC(O)c1ccncc1-c1ccc(C#N)c(Cl)c1. The van der Waals surface area contributed by atoms with E-state index in [2.05, 4.69) is 4.98 Å². The minimum atomic E-state index is -0.586. The Morgan fingerprint density at radius 2 is 2.17 bits per heavy atom. The molecular weight excluding hydrogens is 248 g/mol. The summed E-state index contributed by atoms with van der Waals surface area (Å²) < 4.78 is 0. The second-order valence-corrected chi connectivity index (χ2v) is 4.35. The molecule has 0 bridgehead atoms. The molecule has 0 saturated carbocycles. The molecule has 3 nitrogen and oxygen atoms in total. The maximum atomic E-state index is 9.72. The van der Waals surface area contributed by atoms with Gasteiger partial charge in [-0.3, -0.25) is 4.98 Å². The number of pyridine rings is 1. The van der Waals surface area contributed by atoms with Gasteiger partial charge in [-0.05, 0) is 36.2 Å². The van der Waals surface area contributed by atoms with Crippen LogP contribution in [0.4, 0.5) is 0 Å². The Bertz CT molecular complexity index is 617. The lowest BCUT2D eigenvalue weighted by Crippen LogP contribution is -1.96. The number of rotatable bonds is 2. The second kappa shape index (κ2) is 5.18. The summed E-state index contributed by atoms with van der Waals surface area (Å²) in [6.45, 7) is 1.70. The lowest BCUT2D eigenvalue weighted by molar-refractivity contribution is 0.200. The maximum Gasteiger partial charge on any atom is 0.101 e. The number of halogens is 1. The summed E-state index contributed by atoms with van der Waals surface area (Å²) in [6, 6.07) is 8.96. The monoisotopic (exact) mass is 258 g/mol. The summed E-state index contributed by atoms with van der Waals surface area (Å²) in [5.41, 5.74) is 2.87. The van der Waals surface area contributed by atoms with Gasteiger partial charge in [0.05, 0.1) is 16.7 Å². The van der Waals surface area contributed by atoms with Crippen molar-refractivity contribution in [1.29, 1.82) is 5.26 Å². The van der Waals surface area contributed by atoms with Crippen LogP contribution in [0, 0.1) is 11.3 Å². The number of aromatic nitrogens is 1. The van der Waals surface area contributed by atoms with Crippen LogP contribution in [0.15, 0.2) is 36.7 Å². The van der Waals surface area contributed by atoms with Gasteiger partial charge >= 0.3 is 0 Å². The highest BCUT2D eigenvalue weighted by Crippen LogP contribution is 2.30. The summed E-state index contributed by atoms with van der Waals surface area (Å²) in [6.07, 6.45) is 2.73. The van der Waals surface area contributed by atoms with Crippen molar-refractivity contribution in [3.63, 3.8) is 0 Å². The van der Waals surface area contributed by atoms with E-state index in [1.54, 1.807) is 43.6 Å². The van der Waals surface area contributed by atoms with Crippen LogP contribution in [-0.2, 0) is 0 Å². The molecule has 90 valence electrons. The van der Waals surface area contributed by atoms with Crippen molar-refractivity contribution in [3.05, 3.63) is 52.8 Å². The molecule has 0 fully saturated rings. The number of aliphatic hydroxyl groups is 1. The number of hydrogen-bond acceptors (Lipinski definition) is 3. The van der Waals surface area contributed by atoms with E-state index in [-0.39, 0.29) is 0 Å².